The Morgan fingerprint density at radius 3 is 2.27 bits per heavy atom. The van der Waals surface area contributed by atoms with Crippen molar-refractivity contribution in [1.82, 2.24) is 0 Å². The molecule has 0 saturated heterocycles. The van der Waals surface area contributed by atoms with E-state index >= 15 is 0 Å². The van der Waals surface area contributed by atoms with E-state index in [9.17, 15) is 10.1 Å². The van der Waals surface area contributed by atoms with Crippen LogP contribution in [0.2, 0.25) is 0 Å². The van der Waals surface area contributed by atoms with Crippen molar-refractivity contribution in [3.05, 3.63) is 101 Å². The Kier molecular flexibility index (Phi) is 3.44. The van der Waals surface area contributed by atoms with Gasteiger partial charge in [-0.15, -0.1) is 0 Å². The Labute approximate surface area is 171 Å². The SMILES string of the molecule is O=[N+]([O-])c1cc2c(ccc3c(-c4ccccc4)cc4ccc5ccccc5c4c32)o1. The molecule has 0 aliphatic rings. The summed E-state index contributed by atoms with van der Waals surface area (Å²) in [6, 6.07) is 30.3. The summed E-state index contributed by atoms with van der Waals surface area (Å²) in [6.07, 6.45) is 0. The van der Waals surface area contributed by atoms with Gasteiger partial charge < -0.3 is 4.42 Å². The third-order valence-electron chi connectivity index (χ3n) is 5.75. The van der Waals surface area contributed by atoms with Crippen LogP contribution < -0.4 is 0 Å². The predicted octanol–water partition coefficient (Wildman–Crippen LogP) is 7.47. The van der Waals surface area contributed by atoms with Crippen LogP contribution in [0, 0.1) is 10.1 Å². The number of hydrogen-bond acceptors (Lipinski definition) is 3. The van der Waals surface area contributed by atoms with E-state index in [2.05, 4.69) is 42.5 Å². The van der Waals surface area contributed by atoms with E-state index in [0.29, 0.717) is 5.58 Å². The highest BCUT2D eigenvalue weighted by Crippen LogP contribution is 2.42. The van der Waals surface area contributed by atoms with E-state index in [-0.39, 0.29) is 5.88 Å². The molecule has 6 rings (SSSR count). The summed E-state index contributed by atoms with van der Waals surface area (Å²) in [5.74, 6) is -0.240. The average molecular weight is 389 g/mol. The number of benzene rings is 5. The molecule has 0 aliphatic carbocycles. The molecule has 1 heterocycles. The largest absolute Gasteiger partial charge is 0.434 e. The number of furan rings is 1. The molecule has 0 atom stereocenters. The van der Waals surface area contributed by atoms with Crippen LogP contribution in [0.4, 0.5) is 5.88 Å². The molecule has 0 unspecified atom stereocenters. The third-order valence-corrected chi connectivity index (χ3v) is 5.75. The molecular weight excluding hydrogens is 374 g/mol. The molecule has 0 N–H and O–H groups in total. The minimum Gasteiger partial charge on any atom is -0.401 e. The third kappa shape index (κ3) is 2.34. The first-order valence-electron chi connectivity index (χ1n) is 9.71. The zero-order valence-corrected chi connectivity index (χ0v) is 15.8. The lowest BCUT2D eigenvalue weighted by Crippen LogP contribution is -1.87. The van der Waals surface area contributed by atoms with Crippen LogP contribution in [0.15, 0.2) is 95.4 Å². The number of nitrogens with zero attached hydrogens (tertiary/aromatic N) is 1. The molecule has 30 heavy (non-hydrogen) atoms. The van der Waals surface area contributed by atoms with Crippen molar-refractivity contribution < 1.29 is 9.34 Å². The van der Waals surface area contributed by atoms with Crippen molar-refractivity contribution in [3.8, 4) is 11.1 Å². The summed E-state index contributed by atoms with van der Waals surface area (Å²) in [6.45, 7) is 0. The van der Waals surface area contributed by atoms with Gasteiger partial charge in [0.15, 0.2) is 0 Å². The standard InChI is InChI=1S/C26H15NO3/c28-27(29)24-15-22-23(30-24)13-12-20-21(16-6-2-1-3-7-16)14-18-11-10-17-8-4-5-9-19(17)25(18)26(20)22/h1-15H. The average Bonchev–Trinajstić information content (AvgIpc) is 3.24. The van der Waals surface area contributed by atoms with Gasteiger partial charge in [-0.3, -0.25) is 10.1 Å². The van der Waals surface area contributed by atoms with E-state index in [1.165, 1.54) is 0 Å². The quantitative estimate of drug-likeness (QED) is 0.175. The van der Waals surface area contributed by atoms with Crippen molar-refractivity contribution >= 4 is 49.2 Å². The van der Waals surface area contributed by atoms with Gasteiger partial charge in [-0.1, -0.05) is 66.7 Å². The number of rotatable bonds is 2. The molecular formula is C26H15NO3. The minimum atomic E-state index is -0.479. The lowest BCUT2D eigenvalue weighted by molar-refractivity contribution is -0.401. The molecule has 6 aromatic rings. The molecule has 0 aliphatic heterocycles. The van der Waals surface area contributed by atoms with E-state index in [0.717, 1.165) is 48.8 Å². The summed E-state index contributed by atoms with van der Waals surface area (Å²) >= 11 is 0. The van der Waals surface area contributed by atoms with Crippen LogP contribution in [0.25, 0.3) is 54.4 Å². The molecule has 0 spiro atoms. The Morgan fingerprint density at radius 1 is 0.667 bits per heavy atom. The summed E-state index contributed by atoms with van der Waals surface area (Å²) in [5, 5.41) is 18.6. The molecule has 142 valence electrons. The number of nitro groups is 1. The molecule has 5 aromatic carbocycles. The summed E-state index contributed by atoms with van der Waals surface area (Å²) in [7, 11) is 0. The van der Waals surface area contributed by atoms with Gasteiger partial charge in [0.25, 0.3) is 0 Å². The first-order valence-corrected chi connectivity index (χ1v) is 9.71. The molecule has 0 radical (unpaired) electrons. The maximum absolute atomic E-state index is 11.4. The van der Waals surface area contributed by atoms with Crippen molar-refractivity contribution in [3.63, 3.8) is 0 Å². The highest BCUT2D eigenvalue weighted by molar-refractivity contribution is 6.29. The first-order chi connectivity index (χ1) is 14.7. The topological polar surface area (TPSA) is 56.3 Å². The molecule has 0 bridgehead atoms. The molecule has 0 saturated carbocycles. The Bertz CT molecular complexity index is 1610. The van der Waals surface area contributed by atoms with E-state index in [1.54, 1.807) is 6.07 Å². The van der Waals surface area contributed by atoms with Gasteiger partial charge in [0, 0.05) is 10.8 Å². The molecule has 1 aromatic heterocycles. The van der Waals surface area contributed by atoms with E-state index in [4.69, 9.17) is 4.42 Å². The minimum absolute atomic E-state index is 0.240. The van der Waals surface area contributed by atoms with Crippen molar-refractivity contribution in [2.75, 3.05) is 0 Å². The fourth-order valence-electron chi connectivity index (χ4n) is 4.46. The Morgan fingerprint density at radius 2 is 1.43 bits per heavy atom. The molecule has 4 nitrogen and oxygen atoms in total. The Balaban J connectivity index is 1.90. The van der Waals surface area contributed by atoms with Gasteiger partial charge in [0.05, 0.1) is 6.07 Å². The van der Waals surface area contributed by atoms with Crippen molar-refractivity contribution in [2.45, 2.75) is 0 Å². The molecule has 0 fully saturated rings. The zero-order valence-electron chi connectivity index (χ0n) is 15.8. The van der Waals surface area contributed by atoms with E-state index < -0.39 is 4.92 Å². The highest BCUT2D eigenvalue weighted by atomic mass is 16.6. The van der Waals surface area contributed by atoms with Gasteiger partial charge in [-0.25, -0.2) is 0 Å². The fraction of sp³-hybridized carbons (Fsp3) is 0. The van der Waals surface area contributed by atoms with Gasteiger partial charge in [-0.2, -0.15) is 0 Å². The van der Waals surface area contributed by atoms with Crippen LogP contribution >= 0.6 is 0 Å². The van der Waals surface area contributed by atoms with Crippen LogP contribution in [-0.2, 0) is 0 Å². The van der Waals surface area contributed by atoms with Gasteiger partial charge >= 0.3 is 5.88 Å². The summed E-state index contributed by atoms with van der Waals surface area (Å²) in [5.41, 5.74) is 2.72. The molecule has 4 heteroatoms. The second kappa shape index (κ2) is 6.16. The van der Waals surface area contributed by atoms with Gasteiger partial charge in [0.2, 0.25) is 0 Å². The normalized spacial score (nSPS) is 11.6. The van der Waals surface area contributed by atoms with Crippen LogP contribution in [-0.4, -0.2) is 4.92 Å². The highest BCUT2D eigenvalue weighted by Gasteiger charge is 2.19. The van der Waals surface area contributed by atoms with Crippen LogP contribution in [0.1, 0.15) is 0 Å². The number of fused-ring (bicyclic) bond motifs is 7. The van der Waals surface area contributed by atoms with Crippen molar-refractivity contribution in [2.24, 2.45) is 0 Å². The monoisotopic (exact) mass is 389 g/mol. The smallest absolute Gasteiger partial charge is 0.401 e. The van der Waals surface area contributed by atoms with Crippen LogP contribution in [0.5, 0.6) is 0 Å². The maximum Gasteiger partial charge on any atom is 0.434 e. The first kappa shape index (κ1) is 16.7. The Hall–Kier alpha value is -4.18. The summed E-state index contributed by atoms with van der Waals surface area (Å²) in [4.78, 5) is 10.9. The lowest BCUT2D eigenvalue weighted by Gasteiger charge is -2.14. The maximum atomic E-state index is 11.4. The predicted molar refractivity (Wildman–Crippen MR) is 121 cm³/mol. The summed E-state index contributed by atoms with van der Waals surface area (Å²) < 4.78 is 5.55. The van der Waals surface area contributed by atoms with Crippen LogP contribution in [0.3, 0.4) is 0 Å². The number of hydrogen-bond donors (Lipinski definition) is 0. The van der Waals surface area contributed by atoms with E-state index in [1.807, 2.05) is 42.5 Å². The van der Waals surface area contributed by atoms with Crippen molar-refractivity contribution in [1.29, 1.82) is 0 Å². The second-order valence-electron chi connectivity index (χ2n) is 7.42. The lowest BCUT2D eigenvalue weighted by atomic mass is 9.89. The van der Waals surface area contributed by atoms with Gasteiger partial charge in [0.1, 0.15) is 10.5 Å². The van der Waals surface area contributed by atoms with Gasteiger partial charge in [-0.05, 0) is 56.3 Å². The second-order valence-corrected chi connectivity index (χ2v) is 7.42. The molecule has 0 amide bonds. The fourth-order valence-corrected chi connectivity index (χ4v) is 4.46. The zero-order chi connectivity index (χ0) is 20.2.